The number of furan rings is 1. The van der Waals surface area contributed by atoms with Gasteiger partial charge >= 0.3 is 0 Å². The van der Waals surface area contributed by atoms with E-state index in [1.165, 1.54) is 42.1 Å². The summed E-state index contributed by atoms with van der Waals surface area (Å²) in [5.41, 5.74) is 2.00. The third kappa shape index (κ3) is 6.68. The molecule has 224 valence electrons. The third-order valence-corrected chi connectivity index (χ3v) is 8.63. The number of nitrogens with zero attached hydrogens (tertiary/aromatic N) is 5. The minimum atomic E-state index is -1.04. The summed E-state index contributed by atoms with van der Waals surface area (Å²) in [4.78, 5) is 30.7. The van der Waals surface area contributed by atoms with Crippen molar-refractivity contribution in [3.05, 3.63) is 84.1 Å². The van der Waals surface area contributed by atoms with Gasteiger partial charge in [0, 0.05) is 11.7 Å². The van der Waals surface area contributed by atoms with Crippen LogP contribution in [0.15, 0.2) is 71.3 Å². The zero-order valence-corrected chi connectivity index (χ0v) is 24.2. The number of tetrazole rings is 1. The van der Waals surface area contributed by atoms with Crippen molar-refractivity contribution in [3.63, 3.8) is 0 Å². The van der Waals surface area contributed by atoms with E-state index in [4.69, 9.17) is 4.42 Å². The van der Waals surface area contributed by atoms with E-state index in [0.29, 0.717) is 17.4 Å². The third-order valence-electron chi connectivity index (χ3n) is 8.63. The fourth-order valence-electron chi connectivity index (χ4n) is 6.39. The van der Waals surface area contributed by atoms with E-state index in [1.54, 1.807) is 30.3 Å². The van der Waals surface area contributed by atoms with Crippen LogP contribution in [0.25, 0.3) is 11.4 Å². The Morgan fingerprint density at radius 1 is 0.930 bits per heavy atom. The molecule has 10 heteroatoms. The van der Waals surface area contributed by atoms with Crippen LogP contribution in [0.5, 0.6) is 0 Å². The molecule has 2 aromatic heterocycles. The highest BCUT2D eigenvalue weighted by molar-refractivity contribution is 6.01. The lowest BCUT2D eigenvalue weighted by Crippen LogP contribution is -2.48. The number of nitrogens with one attached hydrogen (secondary N) is 1. The normalized spacial score (nSPS) is 17.0. The quantitative estimate of drug-likeness (QED) is 0.246. The zero-order chi connectivity index (χ0) is 29.6. The number of rotatable bonds is 9. The highest BCUT2D eigenvalue weighted by atomic mass is 19.1. The molecule has 1 N–H and O–H groups in total. The largest absolute Gasteiger partial charge is 0.467 e. The van der Waals surface area contributed by atoms with Gasteiger partial charge in [0.1, 0.15) is 18.1 Å². The standard InChI is InChI=1S/C33H37FN6O3/c34-28-15-8-7-14-27(28)32-36-38-39(37-32)22-30(41)40(26-19-17-24(18-20-26)23-10-3-1-4-11-23)31(29-16-9-21-43-29)33(42)35-25-12-5-2-6-13-25/h7-9,14-21,23,25,31H,1-6,10-13,22H2,(H,35,42)/t31-/m0/s1. The second-order valence-corrected chi connectivity index (χ2v) is 11.6. The summed E-state index contributed by atoms with van der Waals surface area (Å²) in [5, 5.41) is 15.5. The van der Waals surface area contributed by atoms with E-state index < -0.39 is 17.8 Å². The van der Waals surface area contributed by atoms with Crippen LogP contribution in [0.1, 0.15) is 87.5 Å². The maximum atomic E-state index is 14.4. The lowest BCUT2D eigenvalue weighted by atomic mass is 9.84. The number of anilines is 1. The minimum absolute atomic E-state index is 0.0460. The van der Waals surface area contributed by atoms with Crippen LogP contribution in [-0.2, 0) is 16.1 Å². The van der Waals surface area contributed by atoms with Crippen LogP contribution in [-0.4, -0.2) is 38.1 Å². The van der Waals surface area contributed by atoms with Crippen molar-refractivity contribution in [1.82, 2.24) is 25.5 Å². The van der Waals surface area contributed by atoms with Crippen molar-refractivity contribution < 1.29 is 18.4 Å². The second-order valence-electron chi connectivity index (χ2n) is 11.6. The van der Waals surface area contributed by atoms with Crippen LogP contribution >= 0.6 is 0 Å². The number of halogens is 1. The van der Waals surface area contributed by atoms with Gasteiger partial charge in [-0.15, -0.1) is 10.2 Å². The smallest absolute Gasteiger partial charge is 0.251 e. The molecule has 0 radical (unpaired) electrons. The van der Waals surface area contributed by atoms with Crippen molar-refractivity contribution in [2.45, 2.75) is 88.8 Å². The number of hydrogen-bond donors (Lipinski definition) is 1. The van der Waals surface area contributed by atoms with E-state index in [0.717, 1.165) is 49.7 Å². The van der Waals surface area contributed by atoms with Gasteiger partial charge in [-0.05, 0) is 78.8 Å². The molecular weight excluding hydrogens is 547 g/mol. The van der Waals surface area contributed by atoms with Gasteiger partial charge in [0.25, 0.3) is 11.8 Å². The molecule has 0 spiro atoms. The van der Waals surface area contributed by atoms with Crippen LogP contribution < -0.4 is 10.2 Å². The molecule has 2 aromatic carbocycles. The molecule has 6 rings (SSSR count). The fraction of sp³-hybridized carbons (Fsp3) is 0.424. The number of carbonyl (C=O) groups is 2. The van der Waals surface area contributed by atoms with Crippen LogP contribution in [0.4, 0.5) is 10.1 Å². The molecule has 0 aliphatic heterocycles. The van der Waals surface area contributed by atoms with Gasteiger partial charge in [-0.25, -0.2) is 4.39 Å². The first-order chi connectivity index (χ1) is 21.1. The van der Waals surface area contributed by atoms with Gasteiger partial charge in [-0.1, -0.05) is 62.8 Å². The Morgan fingerprint density at radius 2 is 1.65 bits per heavy atom. The molecule has 1 atom stereocenters. The predicted molar refractivity (Wildman–Crippen MR) is 159 cm³/mol. The average Bonchev–Trinajstić information content (AvgIpc) is 3.74. The van der Waals surface area contributed by atoms with Gasteiger partial charge in [-0.2, -0.15) is 4.80 Å². The number of amides is 2. The summed E-state index contributed by atoms with van der Waals surface area (Å²) < 4.78 is 20.1. The number of carbonyl (C=O) groups excluding carboxylic acids is 2. The number of hydrogen-bond acceptors (Lipinski definition) is 6. The van der Waals surface area contributed by atoms with E-state index in [9.17, 15) is 14.0 Å². The van der Waals surface area contributed by atoms with E-state index in [-0.39, 0.29) is 29.9 Å². The topological polar surface area (TPSA) is 106 Å². The molecule has 0 saturated heterocycles. The second kappa shape index (κ2) is 13.3. The maximum absolute atomic E-state index is 14.4. The Hall–Kier alpha value is -4.34. The maximum Gasteiger partial charge on any atom is 0.251 e. The Labute approximate surface area is 250 Å². The van der Waals surface area contributed by atoms with E-state index in [2.05, 4.69) is 32.9 Å². The molecule has 2 fully saturated rings. The van der Waals surface area contributed by atoms with Gasteiger partial charge < -0.3 is 9.73 Å². The summed E-state index contributed by atoms with van der Waals surface area (Å²) in [6.45, 7) is -0.306. The summed E-state index contributed by atoms with van der Waals surface area (Å²) in [6, 6.07) is 16.5. The molecule has 0 bridgehead atoms. The molecule has 2 saturated carbocycles. The number of aromatic nitrogens is 4. The summed E-state index contributed by atoms with van der Waals surface area (Å²) >= 11 is 0. The Morgan fingerprint density at radius 3 is 2.35 bits per heavy atom. The van der Waals surface area contributed by atoms with Crippen molar-refractivity contribution in [1.29, 1.82) is 0 Å². The van der Waals surface area contributed by atoms with Crippen LogP contribution in [0, 0.1) is 5.82 Å². The molecular formula is C33H37FN6O3. The highest BCUT2D eigenvalue weighted by Gasteiger charge is 2.36. The molecule has 2 aliphatic carbocycles. The van der Waals surface area contributed by atoms with Gasteiger partial charge in [0.05, 0.1) is 11.8 Å². The first-order valence-corrected chi connectivity index (χ1v) is 15.4. The van der Waals surface area contributed by atoms with Crippen molar-refractivity contribution in [2.24, 2.45) is 0 Å². The van der Waals surface area contributed by atoms with Crippen molar-refractivity contribution in [2.75, 3.05) is 4.90 Å². The Kier molecular flexibility index (Phi) is 8.91. The molecule has 2 aliphatic rings. The minimum Gasteiger partial charge on any atom is -0.467 e. The Bertz CT molecular complexity index is 1510. The monoisotopic (exact) mass is 584 g/mol. The van der Waals surface area contributed by atoms with Crippen LogP contribution in [0.2, 0.25) is 0 Å². The fourth-order valence-corrected chi connectivity index (χ4v) is 6.39. The van der Waals surface area contributed by atoms with E-state index in [1.807, 2.05) is 12.1 Å². The molecule has 4 aromatic rings. The SMILES string of the molecule is O=C(NC1CCCCC1)[C@H](c1ccco1)N(C(=O)Cn1nnc(-c2ccccc2F)n1)c1ccc(C2CCCCC2)cc1. The van der Waals surface area contributed by atoms with Crippen molar-refractivity contribution in [3.8, 4) is 11.4 Å². The summed E-state index contributed by atoms with van der Waals surface area (Å²) in [6.07, 6.45) is 12.6. The lowest BCUT2D eigenvalue weighted by Gasteiger charge is -2.32. The predicted octanol–water partition coefficient (Wildman–Crippen LogP) is 6.34. The van der Waals surface area contributed by atoms with Gasteiger partial charge in [0.15, 0.2) is 6.04 Å². The highest BCUT2D eigenvalue weighted by Crippen LogP contribution is 2.35. The molecule has 9 nitrogen and oxygen atoms in total. The Balaban J connectivity index is 1.32. The molecule has 43 heavy (non-hydrogen) atoms. The summed E-state index contributed by atoms with van der Waals surface area (Å²) in [5.74, 6) is -0.277. The van der Waals surface area contributed by atoms with Crippen LogP contribution in [0.3, 0.4) is 0 Å². The molecule has 0 unspecified atom stereocenters. The zero-order valence-electron chi connectivity index (χ0n) is 24.2. The summed E-state index contributed by atoms with van der Waals surface area (Å²) in [7, 11) is 0. The first-order valence-electron chi connectivity index (χ1n) is 15.4. The number of benzene rings is 2. The average molecular weight is 585 g/mol. The molecule has 2 heterocycles. The van der Waals surface area contributed by atoms with Gasteiger partial charge in [-0.3, -0.25) is 14.5 Å². The van der Waals surface area contributed by atoms with Crippen molar-refractivity contribution >= 4 is 17.5 Å². The lowest BCUT2D eigenvalue weighted by molar-refractivity contribution is -0.128. The van der Waals surface area contributed by atoms with Gasteiger partial charge in [0.2, 0.25) is 5.82 Å². The molecule has 2 amide bonds. The first kappa shape index (κ1) is 28.8. The van der Waals surface area contributed by atoms with E-state index >= 15 is 0 Å².